The third-order valence-corrected chi connectivity index (χ3v) is 3.49. The van der Waals surface area contributed by atoms with E-state index in [9.17, 15) is 4.39 Å². The second-order valence-electron chi connectivity index (χ2n) is 5.17. The highest BCUT2D eigenvalue weighted by molar-refractivity contribution is 5.55. The van der Waals surface area contributed by atoms with Crippen molar-refractivity contribution < 1.29 is 13.9 Å². The molecule has 25 heavy (non-hydrogen) atoms. The van der Waals surface area contributed by atoms with Crippen molar-refractivity contribution in [3.05, 3.63) is 60.2 Å². The molecule has 0 unspecified atom stereocenters. The van der Waals surface area contributed by atoms with Gasteiger partial charge in [0, 0.05) is 25.5 Å². The van der Waals surface area contributed by atoms with Crippen LogP contribution in [-0.2, 0) is 7.05 Å². The quantitative estimate of drug-likeness (QED) is 0.646. The number of nitrogens with zero attached hydrogens (tertiary/aromatic N) is 4. The molecule has 0 aliphatic carbocycles. The summed E-state index contributed by atoms with van der Waals surface area (Å²) in [6.45, 7) is 0.417. The molecular weight excluding hydrogens is 323 g/mol. The molecule has 2 heterocycles. The minimum absolute atomic E-state index is 0.0907. The van der Waals surface area contributed by atoms with Crippen molar-refractivity contribution in [2.75, 3.05) is 13.2 Å². The summed E-state index contributed by atoms with van der Waals surface area (Å²) in [5, 5.41) is 12.8. The Kier molecular flexibility index (Phi) is 4.90. The zero-order chi connectivity index (χ0) is 17.6. The van der Waals surface area contributed by atoms with E-state index in [-0.39, 0.29) is 24.5 Å². The van der Waals surface area contributed by atoms with Crippen molar-refractivity contribution in [3.8, 4) is 29.0 Å². The number of benzene rings is 1. The second kappa shape index (κ2) is 7.45. The average Bonchev–Trinajstić information content (AvgIpc) is 3.06. The molecule has 0 amide bonds. The summed E-state index contributed by atoms with van der Waals surface area (Å²) < 4.78 is 26.4. The number of pyridine rings is 1. The predicted molar refractivity (Wildman–Crippen MR) is 88.5 cm³/mol. The third-order valence-electron chi connectivity index (χ3n) is 3.49. The molecule has 0 atom stereocenters. The Morgan fingerprint density at radius 3 is 2.68 bits per heavy atom. The molecule has 0 aliphatic heterocycles. The summed E-state index contributed by atoms with van der Waals surface area (Å²) in [4.78, 5) is 4.30. The summed E-state index contributed by atoms with van der Waals surface area (Å²) in [5.74, 6) is 0.157. The summed E-state index contributed by atoms with van der Waals surface area (Å²) in [6.07, 6.45) is 3.35. The number of ether oxygens (including phenoxy) is 2. The average molecular weight is 338 g/mol. The molecule has 2 aromatic heterocycles. The molecule has 0 spiro atoms. The van der Waals surface area contributed by atoms with Crippen LogP contribution in [0.25, 0.3) is 11.4 Å². The smallest absolute Gasteiger partial charge is 0.166 e. The Bertz CT molecular complexity index is 917. The van der Waals surface area contributed by atoms with E-state index in [1.54, 1.807) is 29.2 Å². The first-order valence-electron chi connectivity index (χ1n) is 7.57. The topological polar surface area (TPSA) is 73.0 Å². The number of aromatic nitrogens is 3. The van der Waals surface area contributed by atoms with Crippen LogP contribution in [0.1, 0.15) is 5.56 Å². The van der Waals surface area contributed by atoms with E-state index >= 15 is 0 Å². The largest absolute Gasteiger partial charge is 0.490 e. The summed E-state index contributed by atoms with van der Waals surface area (Å²) in [6, 6.07) is 11.4. The molecule has 0 bridgehead atoms. The van der Waals surface area contributed by atoms with Crippen molar-refractivity contribution in [2.24, 2.45) is 7.05 Å². The Morgan fingerprint density at radius 2 is 1.96 bits per heavy atom. The monoisotopic (exact) mass is 338 g/mol. The fraction of sp³-hybridized carbons (Fsp3) is 0.167. The summed E-state index contributed by atoms with van der Waals surface area (Å²) in [5.41, 5.74) is 1.87. The highest BCUT2D eigenvalue weighted by Gasteiger charge is 2.07. The molecule has 126 valence electrons. The van der Waals surface area contributed by atoms with Crippen molar-refractivity contribution in [3.63, 3.8) is 0 Å². The van der Waals surface area contributed by atoms with E-state index in [2.05, 4.69) is 10.1 Å². The number of nitriles is 1. The van der Waals surface area contributed by atoms with E-state index in [1.807, 2.05) is 19.2 Å². The maximum Gasteiger partial charge on any atom is 0.166 e. The van der Waals surface area contributed by atoms with Gasteiger partial charge in [0.25, 0.3) is 0 Å². The predicted octanol–water partition coefficient (Wildman–Crippen LogP) is 2.95. The number of halogens is 1. The van der Waals surface area contributed by atoms with Gasteiger partial charge in [-0.25, -0.2) is 4.39 Å². The van der Waals surface area contributed by atoms with Crippen molar-refractivity contribution in [1.82, 2.24) is 14.8 Å². The number of hydrogen-bond acceptors (Lipinski definition) is 5. The Labute approximate surface area is 144 Å². The van der Waals surface area contributed by atoms with Crippen LogP contribution < -0.4 is 9.47 Å². The summed E-state index contributed by atoms with van der Waals surface area (Å²) >= 11 is 0. The lowest BCUT2D eigenvalue weighted by Crippen LogP contribution is -2.10. The molecule has 0 saturated carbocycles. The molecule has 1 aromatic carbocycles. The van der Waals surface area contributed by atoms with Crippen LogP contribution >= 0.6 is 0 Å². The lowest BCUT2D eigenvalue weighted by molar-refractivity contribution is 0.211. The van der Waals surface area contributed by atoms with Crippen LogP contribution in [0, 0.1) is 17.1 Å². The van der Waals surface area contributed by atoms with E-state index < -0.39 is 5.82 Å². The van der Waals surface area contributed by atoms with Crippen LogP contribution in [0.3, 0.4) is 0 Å². The van der Waals surface area contributed by atoms with Crippen molar-refractivity contribution in [1.29, 1.82) is 5.26 Å². The third kappa shape index (κ3) is 3.93. The SMILES string of the molecule is Cn1nccc1-c1cc(OCCOc2ccc(C#N)cc2F)ccn1. The highest BCUT2D eigenvalue weighted by Crippen LogP contribution is 2.21. The van der Waals surface area contributed by atoms with Crippen LogP contribution in [0.4, 0.5) is 4.39 Å². The van der Waals surface area contributed by atoms with E-state index in [0.717, 1.165) is 17.5 Å². The van der Waals surface area contributed by atoms with E-state index in [1.165, 1.54) is 12.1 Å². The molecule has 0 radical (unpaired) electrons. The maximum atomic E-state index is 13.7. The molecular formula is C18H15FN4O2. The van der Waals surface area contributed by atoms with Crippen molar-refractivity contribution in [2.45, 2.75) is 0 Å². The summed E-state index contributed by atoms with van der Waals surface area (Å²) in [7, 11) is 1.84. The van der Waals surface area contributed by atoms with E-state index in [0.29, 0.717) is 5.75 Å². The first kappa shape index (κ1) is 16.5. The van der Waals surface area contributed by atoms with Gasteiger partial charge in [-0.15, -0.1) is 0 Å². The lowest BCUT2D eigenvalue weighted by Gasteiger charge is -2.10. The Morgan fingerprint density at radius 1 is 1.12 bits per heavy atom. The Balaban J connectivity index is 1.56. The molecule has 0 fully saturated rings. The normalized spacial score (nSPS) is 10.3. The van der Waals surface area contributed by atoms with Gasteiger partial charge in [-0.1, -0.05) is 0 Å². The van der Waals surface area contributed by atoms with Crippen LogP contribution in [0.2, 0.25) is 0 Å². The number of aryl methyl sites for hydroxylation is 1. The van der Waals surface area contributed by atoms with Gasteiger partial charge in [-0.2, -0.15) is 10.4 Å². The minimum Gasteiger partial charge on any atom is -0.490 e. The van der Waals surface area contributed by atoms with Gasteiger partial charge in [0.05, 0.1) is 23.0 Å². The van der Waals surface area contributed by atoms with Crippen LogP contribution in [0.5, 0.6) is 11.5 Å². The van der Waals surface area contributed by atoms with Gasteiger partial charge in [0.15, 0.2) is 11.6 Å². The van der Waals surface area contributed by atoms with Crippen LogP contribution in [-0.4, -0.2) is 28.0 Å². The fourth-order valence-corrected chi connectivity index (χ4v) is 2.26. The molecule has 0 N–H and O–H groups in total. The molecule has 6 nitrogen and oxygen atoms in total. The van der Waals surface area contributed by atoms with Gasteiger partial charge < -0.3 is 9.47 Å². The van der Waals surface area contributed by atoms with Gasteiger partial charge in [0.2, 0.25) is 0 Å². The molecule has 0 saturated heterocycles. The zero-order valence-electron chi connectivity index (χ0n) is 13.5. The minimum atomic E-state index is -0.568. The lowest BCUT2D eigenvalue weighted by atomic mass is 10.2. The van der Waals surface area contributed by atoms with Crippen LogP contribution in [0.15, 0.2) is 48.8 Å². The molecule has 0 aliphatic rings. The first-order valence-corrected chi connectivity index (χ1v) is 7.57. The fourth-order valence-electron chi connectivity index (χ4n) is 2.26. The first-order chi connectivity index (χ1) is 12.2. The van der Waals surface area contributed by atoms with Gasteiger partial charge in [-0.3, -0.25) is 9.67 Å². The standard InChI is InChI=1S/C18H15FN4O2/c1-23-17(5-7-22-23)16-11-14(4-6-21-16)24-8-9-25-18-3-2-13(12-20)10-15(18)19/h2-7,10-11H,8-9H2,1H3. The Hall–Kier alpha value is -3.40. The number of hydrogen-bond donors (Lipinski definition) is 0. The van der Waals surface area contributed by atoms with Gasteiger partial charge in [0.1, 0.15) is 19.0 Å². The number of rotatable bonds is 6. The van der Waals surface area contributed by atoms with E-state index in [4.69, 9.17) is 14.7 Å². The zero-order valence-corrected chi connectivity index (χ0v) is 13.5. The van der Waals surface area contributed by atoms with Crippen molar-refractivity contribution >= 4 is 0 Å². The second-order valence-corrected chi connectivity index (χ2v) is 5.17. The highest BCUT2D eigenvalue weighted by atomic mass is 19.1. The molecule has 3 aromatic rings. The molecule has 3 rings (SSSR count). The van der Waals surface area contributed by atoms with Gasteiger partial charge >= 0.3 is 0 Å². The molecule has 7 heteroatoms. The van der Waals surface area contributed by atoms with Gasteiger partial charge in [-0.05, 0) is 30.3 Å². The maximum absolute atomic E-state index is 13.7.